The van der Waals surface area contributed by atoms with Crippen LogP contribution < -0.4 is 11.2 Å². The van der Waals surface area contributed by atoms with Crippen molar-refractivity contribution in [2.24, 2.45) is 0 Å². The number of nitrogens with two attached hydrogens (primary N) is 1. The summed E-state index contributed by atoms with van der Waals surface area (Å²) in [5.74, 6) is 0.400. The molecule has 3 heteroatoms. The molecule has 3 N–H and O–H groups in total. The van der Waals surface area contributed by atoms with Gasteiger partial charge in [-0.15, -0.1) is 0 Å². The van der Waals surface area contributed by atoms with Crippen molar-refractivity contribution in [1.82, 2.24) is 4.98 Å². The predicted molar refractivity (Wildman–Crippen MR) is 42.8 cm³/mol. The zero-order valence-electron chi connectivity index (χ0n) is 6.22. The number of nitrogens with one attached hydrogen (secondary N) is 1. The molecule has 0 aliphatic carbocycles. The lowest BCUT2D eigenvalue weighted by molar-refractivity contribution is 1.31. The Bertz CT molecular complexity index is 229. The second-order valence-corrected chi connectivity index (χ2v) is 1.48. The summed E-state index contributed by atoms with van der Waals surface area (Å²) in [4.78, 5) is 13.0. The third-order valence-electron chi connectivity index (χ3n) is 0.795. The molecular weight excluding hydrogens is 128 g/mol. The Kier molecular flexibility index (Phi) is 4.04. The highest BCUT2D eigenvalue weighted by Gasteiger charge is 1.80. The maximum Gasteiger partial charge on any atom is 0.183 e. The van der Waals surface area contributed by atoms with Crippen LogP contribution >= 0.6 is 0 Å². The smallest absolute Gasteiger partial charge is 0.183 e. The molecule has 0 unspecified atom stereocenters. The summed E-state index contributed by atoms with van der Waals surface area (Å²) in [6.45, 7) is 4.00. The molecule has 0 aromatic carbocycles. The number of H-pyrrole nitrogens is 1. The van der Waals surface area contributed by atoms with Crippen LogP contribution in [-0.4, -0.2) is 4.98 Å². The molecule has 56 valence electrons. The second-order valence-electron chi connectivity index (χ2n) is 1.48. The zero-order chi connectivity index (χ0) is 7.98. The zero-order valence-corrected chi connectivity index (χ0v) is 6.22. The minimum atomic E-state index is -0.0683. The van der Waals surface area contributed by atoms with Crippen LogP contribution in [0.3, 0.4) is 0 Å². The van der Waals surface area contributed by atoms with Gasteiger partial charge in [0.15, 0.2) is 5.43 Å². The molecule has 1 aromatic heterocycles. The Labute approximate surface area is 59.9 Å². The monoisotopic (exact) mass is 140 g/mol. The van der Waals surface area contributed by atoms with E-state index >= 15 is 0 Å². The first-order chi connectivity index (χ1) is 4.79. The van der Waals surface area contributed by atoms with Gasteiger partial charge in [0.1, 0.15) is 5.82 Å². The Morgan fingerprint density at radius 3 is 2.40 bits per heavy atom. The largest absolute Gasteiger partial charge is 0.385 e. The van der Waals surface area contributed by atoms with Crippen molar-refractivity contribution >= 4 is 5.82 Å². The minimum absolute atomic E-state index is 0.0683. The van der Waals surface area contributed by atoms with Crippen LogP contribution in [0.5, 0.6) is 0 Å². The summed E-state index contributed by atoms with van der Waals surface area (Å²) in [7, 11) is 0. The van der Waals surface area contributed by atoms with E-state index in [1.54, 1.807) is 0 Å². The van der Waals surface area contributed by atoms with E-state index in [0.717, 1.165) is 0 Å². The van der Waals surface area contributed by atoms with Gasteiger partial charge in [-0.05, 0) is 0 Å². The summed E-state index contributed by atoms with van der Waals surface area (Å²) >= 11 is 0. The number of nitrogen functional groups attached to an aromatic ring is 1. The SMILES string of the molecule is CC.Nc1cc(=O)cc[nH]1. The molecule has 0 bridgehead atoms. The summed E-state index contributed by atoms with van der Waals surface area (Å²) in [6, 6.07) is 2.75. The number of rotatable bonds is 0. The summed E-state index contributed by atoms with van der Waals surface area (Å²) in [6.07, 6.45) is 1.51. The predicted octanol–water partition coefficient (Wildman–Crippen LogP) is 0.983. The lowest BCUT2D eigenvalue weighted by Crippen LogP contribution is -1.99. The molecule has 3 nitrogen and oxygen atoms in total. The molecule has 0 radical (unpaired) electrons. The first kappa shape index (κ1) is 8.75. The number of anilines is 1. The van der Waals surface area contributed by atoms with E-state index in [0.29, 0.717) is 5.82 Å². The average molecular weight is 140 g/mol. The Hall–Kier alpha value is -1.25. The number of pyridine rings is 1. The van der Waals surface area contributed by atoms with Gasteiger partial charge in [0, 0.05) is 18.3 Å². The van der Waals surface area contributed by atoms with Crippen molar-refractivity contribution in [3.05, 3.63) is 28.6 Å². The first-order valence-corrected chi connectivity index (χ1v) is 3.23. The highest BCUT2D eigenvalue weighted by Crippen LogP contribution is 1.83. The molecule has 0 amide bonds. The van der Waals surface area contributed by atoms with Crippen molar-refractivity contribution in [2.45, 2.75) is 13.8 Å². The molecule has 0 spiro atoms. The molecule has 1 rings (SSSR count). The molecular formula is C7H12N2O. The number of aromatic amines is 1. The molecule has 1 heterocycles. The highest BCUT2D eigenvalue weighted by atomic mass is 16.1. The van der Waals surface area contributed by atoms with Crippen LogP contribution in [-0.2, 0) is 0 Å². The van der Waals surface area contributed by atoms with Crippen molar-refractivity contribution in [1.29, 1.82) is 0 Å². The minimum Gasteiger partial charge on any atom is -0.385 e. The van der Waals surface area contributed by atoms with Gasteiger partial charge in [-0.25, -0.2) is 0 Å². The van der Waals surface area contributed by atoms with Gasteiger partial charge < -0.3 is 10.7 Å². The van der Waals surface area contributed by atoms with E-state index in [1.165, 1.54) is 18.3 Å². The number of hydrogen-bond donors (Lipinski definition) is 2. The first-order valence-electron chi connectivity index (χ1n) is 3.23. The Balaban J connectivity index is 0.000000371. The van der Waals surface area contributed by atoms with Gasteiger partial charge in [-0.1, -0.05) is 13.8 Å². The van der Waals surface area contributed by atoms with Crippen LogP contribution in [0.4, 0.5) is 5.82 Å². The average Bonchev–Trinajstić information content (AvgIpc) is 1.91. The van der Waals surface area contributed by atoms with Gasteiger partial charge in [0.2, 0.25) is 0 Å². The molecule has 0 fully saturated rings. The van der Waals surface area contributed by atoms with E-state index in [2.05, 4.69) is 4.98 Å². The van der Waals surface area contributed by atoms with E-state index in [9.17, 15) is 4.79 Å². The van der Waals surface area contributed by atoms with Crippen LogP contribution in [0.25, 0.3) is 0 Å². The molecule has 1 aromatic rings. The van der Waals surface area contributed by atoms with Crippen LogP contribution in [0.1, 0.15) is 13.8 Å². The summed E-state index contributed by atoms with van der Waals surface area (Å²) in [5, 5.41) is 0. The molecule has 0 aliphatic heterocycles. The fraction of sp³-hybridized carbons (Fsp3) is 0.286. The maximum absolute atomic E-state index is 10.4. The molecule has 10 heavy (non-hydrogen) atoms. The second kappa shape index (κ2) is 4.61. The highest BCUT2D eigenvalue weighted by molar-refractivity contribution is 5.25. The van der Waals surface area contributed by atoms with Crippen molar-refractivity contribution in [3.63, 3.8) is 0 Å². The van der Waals surface area contributed by atoms with Crippen molar-refractivity contribution in [2.75, 3.05) is 5.73 Å². The normalized spacial score (nSPS) is 7.80. The quantitative estimate of drug-likeness (QED) is 0.564. The fourth-order valence-electron chi connectivity index (χ4n) is 0.463. The third-order valence-corrected chi connectivity index (χ3v) is 0.795. The van der Waals surface area contributed by atoms with Crippen LogP contribution in [0, 0.1) is 0 Å². The Morgan fingerprint density at radius 2 is 2.10 bits per heavy atom. The third kappa shape index (κ3) is 2.91. The number of hydrogen-bond acceptors (Lipinski definition) is 2. The summed E-state index contributed by atoms with van der Waals surface area (Å²) < 4.78 is 0. The lowest BCUT2D eigenvalue weighted by atomic mass is 10.5. The molecule has 0 saturated carbocycles. The van der Waals surface area contributed by atoms with Gasteiger partial charge in [-0.3, -0.25) is 4.79 Å². The van der Waals surface area contributed by atoms with Gasteiger partial charge >= 0.3 is 0 Å². The molecule has 0 atom stereocenters. The van der Waals surface area contributed by atoms with Crippen molar-refractivity contribution < 1.29 is 0 Å². The molecule has 0 saturated heterocycles. The maximum atomic E-state index is 10.4. The van der Waals surface area contributed by atoms with E-state index in [1.807, 2.05) is 13.8 Å². The van der Waals surface area contributed by atoms with Gasteiger partial charge in [0.05, 0.1) is 0 Å². The Morgan fingerprint density at radius 1 is 1.50 bits per heavy atom. The topological polar surface area (TPSA) is 58.9 Å². The standard InChI is InChI=1S/C5H6N2O.C2H6/c6-5-3-4(8)1-2-7-5;1-2/h1-3H,(H3,6,7,8);1-2H3. The van der Waals surface area contributed by atoms with Gasteiger partial charge in [-0.2, -0.15) is 0 Å². The van der Waals surface area contributed by atoms with Crippen LogP contribution in [0.15, 0.2) is 23.1 Å². The van der Waals surface area contributed by atoms with E-state index < -0.39 is 0 Å². The van der Waals surface area contributed by atoms with E-state index in [-0.39, 0.29) is 5.43 Å². The fourth-order valence-corrected chi connectivity index (χ4v) is 0.463. The molecule has 0 aliphatic rings. The van der Waals surface area contributed by atoms with E-state index in [4.69, 9.17) is 5.73 Å². The van der Waals surface area contributed by atoms with Gasteiger partial charge in [0.25, 0.3) is 0 Å². The summed E-state index contributed by atoms with van der Waals surface area (Å²) in [5.41, 5.74) is 5.13. The van der Waals surface area contributed by atoms with Crippen molar-refractivity contribution in [3.8, 4) is 0 Å². The van der Waals surface area contributed by atoms with Crippen LogP contribution in [0.2, 0.25) is 0 Å². The number of aromatic nitrogens is 1. The lowest BCUT2D eigenvalue weighted by Gasteiger charge is -1.85.